The summed E-state index contributed by atoms with van der Waals surface area (Å²) < 4.78 is 5.52. The number of nitrogens with zero attached hydrogens (tertiary/aromatic N) is 3. The molecule has 0 fully saturated rings. The molecule has 0 N–H and O–H groups in total. The lowest BCUT2D eigenvalue weighted by Gasteiger charge is -2.12. The Morgan fingerprint density at radius 2 is 2.00 bits per heavy atom. The second kappa shape index (κ2) is 7.23. The van der Waals surface area contributed by atoms with Crippen LogP contribution in [0.15, 0.2) is 40.3 Å². The summed E-state index contributed by atoms with van der Waals surface area (Å²) in [5.74, 6) is 0. The maximum atomic E-state index is 12.6. The van der Waals surface area contributed by atoms with Gasteiger partial charge in [0.2, 0.25) is 5.69 Å². The molecule has 0 aliphatic carbocycles. The molecule has 0 aromatic carbocycles. The summed E-state index contributed by atoms with van der Waals surface area (Å²) in [6, 6.07) is 6.03. The van der Waals surface area contributed by atoms with Crippen LogP contribution in [0.2, 0.25) is 0 Å². The molecule has 0 unspecified atom stereocenters. The van der Waals surface area contributed by atoms with Gasteiger partial charge >= 0.3 is 0 Å². The smallest absolute Gasteiger partial charge is 0.271 e. The first-order valence-electron chi connectivity index (χ1n) is 6.92. The molecule has 4 nitrogen and oxygen atoms in total. The first kappa shape index (κ1) is 18.3. The van der Waals surface area contributed by atoms with E-state index in [9.17, 15) is 4.79 Å². The summed E-state index contributed by atoms with van der Waals surface area (Å²) in [4.78, 5) is 14.6. The Labute approximate surface area is 160 Å². The molecule has 0 bridgehead atoms. The van der Waals surface area contributed by atoms with Gasteiger partial charge in [-0.1, -0.05) is 11.8 Å². The molecule has 3 rings (SSSR count). The molecule has 23 heavy (non-hydrogen) atoms. The Morgan fingerprint density at radius 1 is 1.26 bits per heavy atom. The summed E-state index contributed by atoms with van der Waals surface area (Å²) in [6.45, 7) is 2.05. The fraction of sp³-hybridized carbons (Fsp3) is 0.250. The summed E-state index contributed by atoms with van der Waals surface area (Å²) >= 11 is 3.16. The lowest BCUT2D eigenvalue weighted by Crippen LogP contribution is -3.00. The van der Waals surface area contributed by atoms with E-state index in [-0.39, 0.29) is 29.5 Å². The van der Waals surface area contributed by atoms with Gasteiger partial charge in [0.1, 0.15) is 21.3 Å². The Kier molecular flexibility index (Phi) is 5.74. The van der Waals surface area contributed by atoms with Crippen molar-refractivity contribution >= 4 is 34.2 Å². The largest absolute Gasteiger partial charge is 1.00 e. The van der Waals surface area contributed by atoms with Gasteiger partial charge in [-0.3, -0.25) is 4.79 Å². The lowest BCUT2D eigenvalue weighted by atomic mass is 10.3. The molecular weight excluding hydrogens is 441 g/mol. The maximum Gasteiger partial charge on any atom is 0.271 e. The second-order valence-electron chi connectivity index (χ2n) is 5.26. The Bertz CT molecular complexity index is 943. The standard InChI is InChI=1S/C16H18N3OS2.HI/c1-11-10-21-16(18(11)3)14-15(20)19(4)13(22-14)9-12-7-5-6-8-17(12)2;/h5-10H,1-4H3;1H/q+1;/p-1/b16-14+;. The van der Waals surface area contributed by atoms with Crippen LogP contribution in [0.4, 0.5) is 0 Å². The predicted molar refractivity (Wildman–Crippen MR) is 92.5 cm³/mol. The zero-order valence-electron chi connectivity index (χ0n) is 13.4. The molecule has 0 atom stereocenters. The van der Waals surface area contributed by atoms with Crippen LogP contribution < -0.4 is 43.3 Å². The van der Waals surface area contributed by atoms with Crippen LogP contribution in [-0.4, -0.2) is 16.5 Å². The van der Waals surface area contributed by atoms with Crippen LogP contribution in [-0.2, 0) is 14.1 Å². The van der Waals surface area contributed by atoms with Crippen LogP contribution in [0.25, 0.3) is 11.1 Å². The van der Waals surface area contributed by atoms with Crippen molar-refractivity contribution in [1.82, 2.24) is 9.47 Å². The third-order valence-corrected chi connectivity index (χ3v) is 6.23. The number of allylic oxidation sites excluding steroid dienone is 1. The zero-order chi connectivity index (χ0) is 15.9. The Hall–Kier alpha value is -1.06. The van der Waals surface area contributed by atoms with Gasteiger partial charge in [0.15, 0.2) is 6.20 Å². The van der Waals surface area contributed by atoms with Crippen molar-refractivity contribution in [2.75, 3.05) is 7.05 Å². The molecule has 7 heteroatoms. The Balaban J connectivity index is 0.00000192. The monoisotopic (exact) mass is 459 g/mol. The lowest BCUT2D eigenvalue weighted by molar-refractivity contribution is -0.673. The fourth-order valence-electron chi connectivity index (χ4n) is 2.21. The van der Waals surface area contributed by atoms with E-state index in [0.717, 1.165) is 25.6 Å². The molecule has 1 aliphatic heterocycles. The number of thioether (sulfide) groups is 1. The highest BCUT2D eigenvalue weighted by Gasteiger charge is 2.17. The van der Waals surface area contributed by atoms with E-state index in [2.05, 4.69) is 23.3 Å². The summed E-state index contributed by atoms with van der Waals surface area (Å²) in [5, 5.41) is 3.09. The number of aryl methyl sites for hydroxylation is 1. The quantitative estimate of drug-likeness (QED) is 0.355. The van der Waals surface area contributed by atoms with Crippen molar-refractivity contribution in [3.63, 3.8) is 0 Å². The molecule has 3 heterocycles. The van der Waals surface area contributed by atoms with Crippen molar-refractivity contribution in [3.05, 3.63) is 60.7 Å². The number of halogens is 1. The van der Waals surface area contributed by atoms with Gasteiger partial charge in [-0.15, -0.1) is 11.3 Å². The normalized spacial score (nSPS) is 17.3. The van der Waals surface area contributed by atoms with E-state index in [1.54, 1.807) is 27.7 Å². The fourth-order valence-corrected chi connectivity index (χ4v) is 4.47. The zero-order valence-corrected chi connectivity index (χ0v) is 17.2. The maximum absolute atomic E-state index is 12.6. The molecular formula is C16H18IN3OS2. The van der Waals surface area contributed by atoms with Gasteiger partial charge in [0.25, 0.3) is 5.56 Å². The van der Waals surface area contributed by atoms with Crippen LogP contribution in [0.5, 0.6) is 0 Å². The average Bonchev–Trinajstić information content (AvgIpc) is 2.96. The van der Waals surface area contributed by atoms with E-state index in [4.69, 9.17) is 0 Å². The molecule has 0 saturated carbocycles. The third kappa shape index (κ3) is 3.41. The number of pyridine rings is 1. The summed E-state index contributed by atoms with van der Waals surface area (Å²) in [7, 11) is 5.83. The van der Waals surface area contributed by atoms with Crippen LogP contribution >= 0.6 is 23.1 Å². The first-order valence-corrected chi connectivity index (χ1v) is 8.62. The minimum Gasteiger partial charge on any atom is -1.00 e. The van der Waals surface area contributed by atoms with E-state index in [1.807, 2.05) is 50.1 Å². The molecule has 0 spiro atoms. The number of aromatic nitrogens is 2. The number of thiazole rings is 1. The van der Waals surface area contributed by atoms with Crippen LogP contribution in [0.1, 0.15) is 12.6 Å². The van der Waals surface area contributed by atoms with E-state index in [1.165, 1.54) is 0 Å². The second-order valence-corrected chi connectivity index (χ2v) is 7.14. The summed E-state index contributed by atoms with van der Waals surface area (Å²) in [6.07, 6.45) is 4.05. The van der Waals surface area contributed by atoms with Gasteiger partial charge in [-0.05, 0) is 18.4 Å². The average molecular weight is 459 g/mol. The van der Waals surface area contributed by atoms with E-state index < -0.39 is 0 Å². The minimum absolute atomic E-state index is 0. The highest BCUT2D eigenvalue weighted by molar-refractivity contribution is 8.10. The van der Waals surface area contributed by atoms with Crippen molar-refractivity contribution in [2.45, 2.75) is 6.92 Å². The van der Waals surface area contributed by atoms with Gasteiger partial charge in [0.05, 0.1) is 0 Å². The highest BCUT2D eigenvalue weighted by atomic mass is 127. The molecule has 2 aromatic rings. The highest BCUT2D eigenvalue weighted by Crippen LogP contribution is 2.32. The van der Waals surface area contributed by atoms with E-state index >= 15 is 0 Å². The minimum atomic E-state index is 0. The number of hydrogen-bond donors (Lipinski definition) is 0. The Morgan fingerprint density at radius 3 is 2.61 bits per heavy atom. The topological polar surface area (TPSA) is 29.1 Å². The van der Waals surface area contributed by atoms with Crippen molar-refractivity contribution in [1.29, 1.82) is 0 Å². The molecule has 0 saturated heterocycles. The molecule has 2 aromatic heterocycles. The summed E-state index contributed by atoms with van der Waals surface area (Å²) in [5.41, 5.74) is 2.29. The molecule has 1 aliphatic rings. The van der Waals surface area contributed by atoms with Crippen molar-refractivity contribution in [3.8, 4) is 0 Å². The van der Waals surface area contributed by atoms with E-state index in [0.29, 0.717) is 0 Å². The number of rotatable bonds is 1. The third-order valence-electron chi connectivity index (χ3n) is 3.77. The van der Waals surface area contributed by atoms with Crippen molar-refractivity contribution < 1.29 is 28.5 Å². The first-order chi connectivity index (χ1) is 10.5. The van der Waals surface area contributed by atoms with Gasteiger partial charge < -0.3 is 33.4 Å². The van der Waals surface area contributed by atoms with Crippen LogP contribution in [0, 0.1) is 0 Å². The molecule has 0 amide bonds. The predicted octanol–water partition coefficient (Wildman–Crippen LogP) is -2.29. The van der Waals surface area contributed by atoms with Gasteiger partial charge in [0, 0.05) is 38.0 Å². The SMILES string of the molecule is CC1=CS/C(=c2/s/c(=C\c3cccc[n+]3C)n(C)c2=O)N1C.[I-]. The number of hydrogen-bond acceptors (Lipinski definition) is 4. The molecule has 122 valence electrons. The van der Waals surface area contributed by atoms with Crippen molar-refractivity contribution in [2.24, 2.45) is 14.1 Å². The van der Waals surface area contributed by atoms with Crippen LogP contribution in [0.3, 0.4) is 0 Å². The van der Waals surface area contributed by atoms with Gasteiger partial charge in [-0.2, -0.15) is 0 Å². The molecule has 0 radical (unpaired) electrons. The van der Waals surface area contributed by atoms with Gasteiger partial charge in [-0.25, -0.2) is 4.57 Å².